The third kappa shape index (κ3) is 4.96. The van der Waals surface area contributed by atoms with Gasteiger partial charge in [-0.2, -0.15) is 0 Å². The average Bonchev–Trinajstić information content (AvgIpc) is 2.20. The maximum Gasteiger partial charge on any atom is 0.310 e. The second kappa shape index (κ2) is 6.64. The van der Waals surface area contributed by atoms with Crippen LogP contribution in [0.5, 0.6) is 5.75 Å². The molecule has 0 N–H and O–H groups in total. The van der Waals surface area contributed by atoms with Gasteiger partial charge >= 0.3 is 5.97 Å². The zero-order chi connectivity index (χ0) is 13.7. The molecule has 0 unspecified atom stereocenters. The van der Waals surface area contributed by atoms with Crippen LogP contribution in [0.4, 0.5) is 0 Å². The van der Waals surface area contributed by atoms with E-state index in [-0.39, 0.29) is 24.6 Å². The number of esters is 1. The Kier molecular flexibility index (Phi) is 5.48. The summed E-state index contributed by atoms with van der Waals surface area (Å²) in [4.78, 5) is 11.7. The number of carbonyl (C=O) groups is 1. The molecule has 0 spiro atoms. The van der Waals surface area contributed by atoms with Crippen LogP contribution in [0.1, 0.15) is 33.3 Å². The molecule has 18 heavy (non-hydrogen) atoms. The second-order valence-corrected chi connectivity index (χ2v) is 5.07. The Balaban J connectivity index is 2.84. The molecule has 0 saturated carbocycles. The van der Waals surface area contributed by atoms with Crippen LogP contribution in [0.2, 0.25) is 5.02 Å². The van der Waals surface area contributed by atoms with E-state index in [9.17, 15) is 4.79 Å². The van der Waals surface area contributed by atoms with E-state index in [0.29, 0.717) is 10.8 Å². The number of hydrogen-bond acceptors (Lipinski definition) is 3. The van der Waals surface area contributed by atoms with Gasteiger partial charge in [0.1, 0.15) is 5.75 Å². The highest BCUT2D eigenvalue weighted by Gasteiger charge is 2.13. The second-order valence-electron chi connectivity index (χ2n) is 4.63. The zero-order valence-corrected chi connectivity index (χ0v) is 12.0. The van der Waals surface area contributed by atoms with Crippen LogP contribution < -0.4 is 4.74 Å². The molecule has 0 heterocycles. The topological polar surface area (TPSA) is 35.5 Å². The molecule has 0 atom stereocenters. The first-order valence-corrected chi connectivity index (χ1v) is 6.41. The molecule has 1 aromatic rings. The number of rotatable bonds is 5. The van der Waals surface area contributed by atoms with E-state index >= 15 is 0 Å². The van der Waals surface area contributed by atoms with E-state index in [1.54, 1.807) is 18.2 Å². The van der Waals surface area contributed by atoms with Gasteiger partial charge in [-0.1, -0.05) is 11.6 Å². The molecule has 0 aliphatic carbocycles. The molecule has 0 aromatic heterocycles. The quantitative estimate of drug-likeness (QED) is 0.767. The lowest BCUT2D eigenvalue weighted by Gasteiger charge is -2.15. The first-order valence-electron chi connectivity index (χ1n) is 6.03. The van der Waals surface area contributed by atoms with Crippen LogP contribution >= 0.6 is 11.6 Å². The van der Waals surface area contributed by atoms with Crippen LogP contribution in [0.3, 0.4) is 0 Å². The van der Waals surface area contributed by atoms with Crippen LogP contribution in [0.15, 0.2) is 18.2 Å². The molecule has 1 aromatic carbocycles. The van der Waals surface area contributed by atoms with E-state index in [1.165, 1.54) is 0 Å². The van der Waals surface area contributed by atoms with Gasteiger partial charge in [0, 0.05) is 10.6 Å². The molecule has 1 rings (SSSR count). The highest BCUT2D eigenvalue weighted by atomic mass is 35.5. The molecule has 0 amide bonds. The molecule has 0 bridgehead atoms. The van der Waals surface area contributed by atoms with Crippen molar-refractivity contribution in [3.8, 4) is 5.75 Å². The zero-order valence-electron chi connectivity index (χ0n) is 11.2. The molecule has 0 saturated heterocycles. The van der Waals surface area contributed by atoms with E-state index in [2.05, 4.69) is 0 Å². The van der Waals surface area contributed by atoms with Gasteiger partial charge in [-0.05, 0) is 45.9 Å². The Labute approximate surface area is 113 Å². The van der Waals surface area contributed by atoms with E-state index < -0.39 is 0 Å². The average molecular weight is 271 g/mol. The highest BCUT2D eigenvalue weighted by molar-refractivity contribution is 6.30. The van der Waals surface area contributed by atoms with Gasteiger partial charge < -0.3 is 9.47 Å². The van der Waals surface area contributed by atoms with Crippen molar-refractivity contribution in [2.24, 2.45) is 0 Å². The van der Waals surface area contributed by atoms with Crippen LogP contribution in [-0.2, 0) is 16.0 Å². The Morgan fingerprint density at radius 1 is 1.22 bits per heavy atom. The van der Waals surface area contributed by atoms with Crippen LogP contribution in [-0.4, -0.2) is 18.2 Å². The van der Waals surface area contributed by atoms with Gasteiger partial charge in [0.2, 0.25) is 0 Å². The van der Waals surface area contributed by atoms with E-state index in [0.717, 1.165) is 5.56 Å². The fourth-order valence-corrected chi connectivity index (χ4v) is 1.71. The normalized spacial score (nSPS) is 10.8. The predicted molar refractivity (Wildman–Crippen MR) is 72.1 cm³/mol. The molecule has 4 heteroatoms. The lowest BCUT2D eigenvalue weighted by Crippen LogP contribution is -2.15. The van der Waals surface area contributed by atoms with E-state index in [4.69, 9.17) is 21.1 Å². The number of ether oxygens (including phenoxy) is 2. The number of halogens is 1. The molecule has 0 fully saturated rings. The van der Waals surface area contributed by atoms with Crippen molar-refractivity contribution in [1.82, 2.24) is 0 Å². The fraction of sp³-hybridized carbons (Fsp3) is 0.500. The van der Waals surface area contributed by atoms with Gasteiger partial charge in [0.05, 0.1) is 18.6 Å². The summed E-state index contributed by atoms with van der Waals surface area (Å²) < 4.78 is 10.8. The summed E-state index contributed by atoms with van der Waals surface area (Å²) in [6.07, 6.45) is 0.0954. The van der Waals surface area contributed by atoms with Crippen molar-refractivity contribution in [3.63, 3.8) is 0 Å². The lowest BCUT2D eigenvalue weighted by molar-refractivity contribution is -0.146. The largest absolute Gasteiger partial charge is 0.491 e. The molecule has 0 radical (unpaired) electrons. The number of benzene rings is 1. The molecule has 0 aliphatic heterocycles. The maximum absolute atomic E-state index is 11.7. The molecule has 0 aliphatic rings. The fourth-order valence-electron chi connectivity index (χ4n) is 1.52. The van der Waals surface area contributed by atoms with Crippen molar-refractivity contribution >= 4 is 17.6 Å². The molecule has 3 nitrogen and oxygen atoms in total. The lowest BCUT2D eigenvalue weighted by atomic mass is 10.1. The van der Waals surface area contributed by atoms with Gasteiger partial charge in [-0.15, -0.1) is 0 Å². The predicted octanol–water partition coefficient (Wildman–Crippen LogP) is 3.62. The summed E-state index contributed by atoms with van der Waals surface area (Å²) in [5.74, 6) is 0.399. The first kappa shape index (κ1) is 14.8. The summed E-state index contributed by atoms with van der Waals surface area (Å²) >= 11 is 5.93. The van der Waals surface area contributed by atoms with Gasteiger partial charge in [-0.25, -0.2) is 0 Å². The third-order valence-corrected chi connectivity index (χ3v) is 2.32. The highest BCUT2D eigenvalue weighted by Crippen LogP contribution is 2.24. The summed E-state index contributed by atoms with van der Waals surface area (Å²) in [6.45, 7) is 7.51. The van der Waals surface area contributed by atoms with E-state index in [1.807, 2.05) is 27.7 Å². The van der Waals surface area contributed by atoms with Gasteiger partial charge in [0.25, 0.3) is 0 Å². The Bertz CT molecular complexity index is 414. The van der Waals surface area contributed by atoms with Crippen molar-refractivity contribution < 1.29 is 14.3 Å². The monoisotopic (exact) mass is 270 g/mol. The molecular weight excluding hydrogens is 252 g/mol. The minimum absolute atomic E-state index is 0.0473. The van der Waals surface area contributed by atoms with Crippen molar-refractivity contribution in [2.75, 3.05) is 0 Å². The summed E-state index contributed by atoms with van der Waals surface area (Å²) in [5, 5.41) is 0.582. The van der Waals surface area contributed by atoms with Crippen LogP contribution in [0, 0.1) is 0 Å². The van der Waals surface area contributed by atoms with Gasteiger partial charge in [0.15, 0.2) is 0 Å². The van der Waals surface area contributed by atoms with Crippen molar-refractivity contribution in [2.45, 2.75) is 46.3 Å². The van der Waals surface area contributed by atoms with Gasteiger partial charge in [-0.3, -0.25) is 4.79 Å². The smallest absolute Gasteiger partial charge is 0.310 e. The first-order chi connectivity index (χ1) is 8.38. The third-order valence-electron chi connectivity index (χ3n) is 2.09. The standard InChI is InChI=1S/C14H19ClO3/c1-9(2)17-13-6-5-12(15)7-11(13)8-14(16)18-10(3)4/h5-7,9-10H,8H2,1-4H3. The van der Waals surface area contributed by atoms with Crippen molar-refractivity contribution in [3.05, 3.63) is 28.8 Å². The minimum atomic E-state index is -0.277. The number of carbonyl (C=O) groups excluding carboxylic acids is 1. The minimum Gasteiger partial charge on any atom is -0.491 e. The SMILES string of the molecule is CC(C)OC(=O)Cc1cc(Cl)ccc1OC(C)C. The summed E-state index contributed by atoms with van der Waals surface area (Å²) in [6, 6.07) is 5.26. The number of hydrogen-bond donors (Lipinski definition) is 0. The Morgan fingerprint density at radius 3 is 2.44 bits per heavy atom. The molecule has 100 valence electrons. The summed E-state index contributed by atoms with van der Waals surface area (Å²) in [7, 11) is 0. The maximum atomic E-state index is 11.7. The Hall–Kier alpha value is -1.22. The summed E-state index contributed by atoms with van der Waals surface area (Å²) in [5.41, 5.74) is 0.752. The Morgan fingerprint density at radius 2 is 1.89 bits per heavy atom. The van der Waals surface area contributed by atoms with Crippen molar-refractivity contribution in [1.29, 1.82) is 0 Å². The molecular formula is C14H19ClO3. The van der Waals surface area contributed by atoms with Crippen LogP contribution in [0.25, 0.3) is 0 Å².